The van der Waals surface area contributed by atoms with E-state index in [1.54, 1.807) is 0 Å². The zero-order valence-corrected chi connectivity index (χ0v) is 12.7. The minimum Gasteiger partial charge on any atom is -0.382 e. The molecular weight excluding hydrogens is 274 g/mol. The average Bonchev–Trinajstić information content (AvgIpc) is 2.80. The quantitative estimate of drug-likeness (QED) is 0.792. The van der Waals surface area contributed by atoms with Crippen LogP contribution in [0.4, 0.5) is 5.95 Å². The van der Waals surface area contributed by atoms with E-state index in [0.717, 1.165) is 48.5 Å². The number of ether oxygens (including phenoxy) is 1. The van der Waals surface area contributed by atoms with Gasteiger partial charge in [-0.05, 0) is 38.5 Å². The highest BCUT2D eigenvalue weighted by atomic mass is 35.5. The molecule has 1 heterocycles. The predicted octanol–water partition coefficient (Wildman–Crippen LogP) is 3.67. The van der Waals surface area contributed by atoms with E-state index in [-0.39, 0.29) is 0 Å². The van der Waals surface area contributed by atoms with Crippen molar-refractivity contribution in [2.24, 2.45) is 0 Å². The molecule has 0 aliphatic carbocycles. The minimum atomic E-state index is 0.719. The molecular formula is C15H20ClN3O. The second-order valence-corrected chi connectivity index (χ2v) is 4.97. The number of halogens is 1. The van der Waals surface area contributed by atoms with Gasteiger partial charge in [-0.15, -0.1) is 0 Å². The fraction of sp³-hybridized carbons (Fsp3) is 0.400. The Morgan fingerprint density at radius 3 is 3.00 bits per heavy atom. The average molecular weight is 294 g/mol. The van der Waals surface area contributed by atoms with Crippen molar-refractivity contribution in [1.82, 2.24) is 9.55 Å². The summed E-state index contributed by atoms with van der Waals surface area (Å²) in [6, 6.07) is 7.74. The van der Waals surface area contributed by atoms with Gasteiger partial charge in [0, 0.05) is 36.7 Å². The standard InChI is InChI=1S/C15H20ClN3O/c1-3-20-9-5-8-17-15-18-12(2)11-19(15)14-7-4-6-13(16)10-14/h4,6-7,10-11H,3,5,8-9H2,1-2H3,(H,17,18). The number of nitrogens with zero attached hydrogens (tertiary/aromatic N) is 2. The van der Waals surface area contributed by atoms with E-state index in [1.807, 2.05) is 48.9 Å². The van der Waals surface area contributed by atoms with Crippen molar-refractivity contribution in [2.75, 3.05) is 25.1 Å². The summed E-state index contributed by atoms with van der Waals surface area (Å²) in [6.45, 7) is 6.34. The first-order valence-corrected chi connectivity index (χ1v) is 7.22. The highest BCUT2D eigenvalue weighted by molar-refractivity contribution is 6.30. The third-order valence-electron chi connectivity index (χ3n) is 2.87. The molecule has 0 fully saturated rings. The van der Waals surface area contributed by atoms with Crippen LogP contribution < -0.4 is 5.32 Å². The number of benzene rings is 1. The van der Waals surface area contributed by atoms with Gasteiger partial charge in [0.25, 0.3) is 0 Å². The second kappa shape index (κ2) is 7.31. The molecule has 0 atom stereocenters. The number of rotatable bonds is 7. The molecule has 1 aromatic carbocycles. The van der Waals surface area contributed by atoms with Crippen molar-refractivity contribution >= 4 is 17.5 Å². The number of nitrogens with one attached hydrogen (secondary N) is 1. The van der Waals surface area contributed by atoms with Gasteiger partial charge >= 0.3 is 0 Å². The first kappa shape index (κ1) is 14.9. The fourth-order valence-electron chi connectivity index (χ4n) is 1.96. The molecule has 0 amide bonds. The maximum atomic E-state index is 6.04. The Morgan fingerprint density at radius 1 is 1.40 bits per heavy atom. The first-order valence-electron chi connectivity index (χ1n) is 6.84. The van der Waals surface area contributed by atoms with E-state index in [2.05, 4.69) is 10.3 Å². The van der Waals surface area contributed by atoms with Crippen molar-refractivity contribution in [1.29, 1.82) is 0 Å². The molecule has 1 N–H and O–H groups in total. The summed E-state index contributed by atoms with van der Waals surface area (Å²) in [7, 11) is 0. The van der Waals surface area contributed by atoms with E-state index in [1.165, 1.54) is 0 Å². The van der Waals surface area contributed by atoms with Crippen LogP contribution in [0.2, 0.25) is 5.02 Å². The number of aromatic nitrogens is 2. The van der Waals surface area contributed by atoms with Gasteiger partial charge in [0.1, 0.15) is 0 Å². The van der Waals surface area contributed by atoms with Gasteiger partial charge in [-0.2, -0.15) is 0 Å². The third kappa shape index (κ3) is 3.99. The molecule has 20 heavy (non-hydrogen) atoms. The van der Waals surface area contributed by atoms with Crippen LogP contribution in [0.25, 0.3) is 5.69 Å². The summed E-state index contributed by atoms with van der Waals surface area (Å²) in [5, 5.41) is 4.06. The van der Waals surface area contributed by atoms with Gasteiger partial charge in [-0.1, -0.05) is 17.7 Å². The van der Waals surface area contributed by atoms with Gasteiger partial charge in [0.2, 0.25) is 5.95 Å². The summed E-state index contributed by atoms with van der Waals surface area (Å²) in [6.07, 6.45) is 2.95. The van der Waals surface area contributed by atoms with Crippen LogP contribution in [0.1, 0.15) is 19.0 Å². The van der Waals surface area contributed by atoms with E-state index < -0.39 is 0 Å². The van der Waals surface area contributed by atoms with Crippen molar-refractivity contribution in [2.45, 2.75) is 20.3 Å². The molecule has 0 bridgehead atoms. The van der Waals surface area contributed by atoms with E-state index >= 15 is 0 Å². The van der Waals surface area contributed by atoms with Crippen LogP contribution >= 0.6 is 11.6 Å². The number of hydrogen-bond donors (Lipinski definition) is 1. The molecule has 0 aliphatic heterocycles. The van der Waals surface area contributed by atoms with E-state index in [0.29, 0.717) is 0 Å². The molecule has 0 saturated heterocycles. The Labute approximate surface area is 124 Å². The predicted molar refractivity (Wildman–Crippen MR) is 82.9 cm³/mol. The van der Waals surface area contributed by atoms with E-state index in [4.69, 9.17) is 16.3 Å². The molecule has 0 saturated carbocycles. The SMILES string of the molecule is CCOCCCNc1nc(C)cn1-c1cccc(Cl)c1. The molecule has 0 radical (unpaired) electrons. The van der Waals surface area contributed by atoms with Crippen molar-refractivity contribution in [3.8, 4) is 5.69 Å². The Morgan fingerprint density at radius 2 is 2.25 bits per heavy atom. The lowest BCUT2D eigenvalue weighted by atomic mass is 10.3. The normalized spacial score (nSPS) is 10.8. The molecule has 1 aromatic heterocycles. The summed E-state index contributed by atoms with van der Waals surface area (Å²) < 4.78 is 7.34. The zero-order chi connectivity index (χ0) is 14.4. The molecule has 2 rings (SSSR count). The van der Waals surface area contributed by atoms with Gasteiger partial charge in [0.05, 0.1) is 5.69 Å². The van der Waals surface area contributed by atoms with Gasteiger partial charge in [0.15, 0.2) is 0 Å². The maximum absolute atomic E-state index is 6.04. The smallest absolute Gasteiger partial charge is 0.207 e. The lowest BCUT2D eigenvalue weighted by molar-refractivity contribution is 0.147. The molecule has 5 heteroatoms. The Kier molecular flexibility index (Phi) is 5.44. The lowest BCUT2D eigenvalue weighted by Crippen LogP contribution is -2.09. The number of imidazole rings is 1. The van der Waals surface area contributed by atoms with Crippen LogP contribution in [0.15, 0.2) is 30.5 Å². The summed E-state index contributed by atoms with van der Waals surface area (Å²) in [4.78, 5) is 4.50. The molecule has 2 aromatic rings. The third-order valence-corrected chi connectivity index (χ3v) is 3.10. The van der Waals surface area contributed by atoms with Crippen LogP contribution in [0.3, 0.4) is 0 Å². The minimum absolute atomic E-state index is 0.719. The molecule has 108 valence electrons. The molecule has 0 aliphatic rings. The first-order chi connectivity index (χ1) is 9.70. The molecule has 0 unspecified atom stereocenters. The zero-order valence-electron chi connectivity index (χ0n) is 11.9. The number of aryl methyl sites for hydroxylation is 1. The summed E-state index contributed by atoms with van der Waals surface area (Å²) in [5.41, 5.74) is 1.97. The van der Waals surface area contributed by atoms with Crippen LogP contribution in [-0.4, -0.2) is 29.3 Å². The number of anilines is 1. The number of hydrogen-bond acceptors (Lipinski definition) is 3. The maximum Gasteiger partial charge on any atom is 0.207 e. The van der Waals surface area contributed by atoms with Gasteiger partial charge < -0.3 is 10.1 Å². The van der Waals surface area contributed by atoms with Gasteiger partial charge in [-0.25, -0.2) is 4.98 Å². The fourth-order valence-corrected chi connectivity index (χ4v) is 2.15. The Bertz CT molecular complexity index is 554. The van der Waals surface area contributed by atoms with Crippen molar-refractivity contribution in [3.63, 3.8) is 0 Å². The Balaban J connectivity index is 2.06. The van der Waals surface area contributed by atoms with Crippen molar-refractivity contribution in [3.05, 3.63) is 41.2 Å². The Hall–Kier alpha value is -1.52. The highest BCUT2D eigenvalue weighted by Gasteiger charge is 2.07. The van der Waals surface area contributed by atoms with Crippen LogP contribution in [-0.2, 0) is 4.74 Å². The van der Waals surface area contributed by atoms with Crippen LogP contribution in [0.5, 0.6) is 0 Å². The van der Waals surface area contributed by atoms with Crippen molar-refractivity contribution < 1.29 is 4.74 Å². The molecule has 0 spiro atoms. The molecule has 4 nitrogen and oxygen atoms in total. The second-order valence-electron chi connectivity index (χ2n) is 4.53. The highest BCUT2D eigenvalue weighted by Crippen LogP contribution is 2.19. The largest absolute Gasteiger partial charge is 0.382 e. The topological polar surface area (TPSA) is 39.1 Å². The monoisotopic (exact) mass is 293 g/mol. The summed E-state index contributed by atoms with van der Waals surface area (Å²) >= 11 is 6.04. The van der Waals surface area contributed by atoms with E-state index in [9.17, 15) is 0 Å². The van der Waals surface area contributed by atoms with Crippen LogP contribution in [0, 0.1) is 6.92 Å². The van der Waals surface area contributed by atoms with Gasteiger partial charge in [-0.3, -0.25) is 4.57 Å². The summed E-state index contributed by atoms with van der Waals surface area (Å²) in [5.74, 6) is 0.835. The lowest BCUT2D eigenvalue weighted by Gasteiger charge is -2.10.